The van der Waals surface area contributed by atoms with Gasteiger partial charge < -0.3 is 4.74 Å². The average molecular weight is 227 g/mol. The van der Waals surface area contributed by atoms with Crippen molar-refractivity contribution in [2.24, 2.45) is 0 Å². The third-order valence-electron chi connectivity index (χ3n) is 2.74. The van der Waals surface area contributed by atoms with Crippen LogP contribution in [0, 0.1) is 0 Å². The Hall–Kier alpha value is -1.20. The second kappa shape index (κ2) is 3.68. The summed E-state index contributed by atoms with van der Waals surface area (Å²) in [5.74, 6) is -0.0359. The van der Waals surface area contributed by atoms with E-state index in [1.165, 1.54) is 18.3 Å². The normalized spacial score (nSPS) is 18.9. The highest BCUT2D eigenvalue weighted by molar-refractivity contribution is 6.32. The van der Waals surface area contributed by atoms with E-state index < -0.39 is 11.8 Å². The molecule has 2 radical (unpaired) electrons. The van der Waals surface area contributed by atoms with Crippen LogP contribution in [0.2, 0.25) is 0 Å². The molecule has 2 nitrogen and oxygen atoms in total. The summed E-state index contributed by atoms with van der Waals surface area (Å²) in [5, 5.41) is 0. The summed E-state index contributed by atoms with van der Waals surface area (Å²) in [6, 6.07) is 2.81. The Morgan fingerprint density at radius 3 is 2.38 bits per heavy atom. The lowest BCUT2D eigenvalue weighted by Gasteiger charge is -2.42. The lowest BCUT2D eigenvalue weighted by atomic mass is 9.79. The lowest BCUT2D eigenvalue weighted by Crippen LogP contribution is -2.55. The SMILES string of the molecule is [B]c1ccc(OC2(C(F)(F)F)CCC2)nc1. The van der Waals surface area contributed by atoms with Crippen LogP contribution in [0.25, 0.3) is 0 Å². The highest BCUT2D eigenvalue weighted by Crippen LogP contribution is 2.47. The van der Waals surface area contributed by atoms with Crippen molar-refractivity contribution in [3.8, 4) is 5.88 Å². The van der Waals surface area contributed by atoms with E-state index in [1.54, 1.807) is 0 Å². The Balaban J connectivity index is 2.16. The summed E-state index contributed by atoms with van der Waals surface area (Å²) in [6.07, 6.45) is -2.58. The molecule has 84 valence electrons. The first-order chi connectivity index (χ1) is 7.43. The molecule has 16 heavy (non-hydrogen) atoms. The molecule has 0 N–H and O–H groups in total. The first-order valence-corrected chi connectivity index (χ1v) is 4.90. The van der Waals surface area contributed by atoms with Gasteiger partial charge in [-0.05, 0) is 25.3 Å². The van der Waals surface area contributed by atoms with Crippen molar-refractivity contribution in [3.05, 3.63) is 18.3 Å². The summed E-state index contributed by atoms with van der Waals surface area (Å²) in [4.78, 5) is 3.71. The van der Waals surface area contributed by atoms with Gasteiger partial charge in [0.25, 0.3) is 0 Å². The summed E-state index contributed by atoms with van der Waals surface area (Å²) < 4.78 is 43.2. The molecular formula is C10H9BF3NO. The molecule has 0 spiro atoms. The fraction of sp³-hybridized carbons (Fsp3) is 0.500. The van der Waals surface area contributed by atoms with E-state index in [9.17, 15) is 13.2 Å². The van der Waals surface area contributed by atoms with Crippen LogP contribution in [0.4, 0.5) is 13.2 Å². The van der Waals surface area contributed by atoms with Crippen LogP contribution in [-0.2, 0) is 0 Å². The van der Waals surface area contributed by atoms with Gasteiger partial charge in [-0.3, -0.25) is 0 Å². The molecule has 0 amide bonds. The van der Waals surface area contributed by atoms with E-state index in [-0.39, 0.29) is 18.7 Å². The van der Waals surface area contributed by atoms with E-state index in [2.05, 4.69) is 4.98 Å². The molecule has 1 heterocycles. The van der Waals surface area contributed by atoms with Crippen LogP contribution in [0.15, 0.2) is 18.3 Å². The van der Waals surface area contributed by atoms with Crippen molar-refractivity contribution in [1.82, 2.24) is 4.98 Å². The predicted octanol–water partition coefficient (Wildman–Crippen LogP) is 1.74. The van der Waals surface area contributed by atoms with Crippen LogP contribution in [0.1, 0.15) is 19.3 Å². The van der Waals surface area contributed by atoms with Crippen molar-refractivity contribution in [2.75, 3.05) is 0 Å². The van der Waals surface area contributed by atoms with E-state index in [1.807, 2.05) is 0 Å². The van der Waals surface area contributed by atoms with E-state index in [0.29, 0.717) is 11.9 Å². The fourth-order valence-electron chi connectivity index (χ4n) is 1.59. The van der Waals surface area contributed by atoms with E-state index in [4.69, 9.17) is 12.6 Å². The van der Waals surface area contributed by atoms with E-state index >= 15 is 0 Å². The van der Waals surface area contributed by atoms with Crippen molar-refractivity contribution in [1.29, 1.82) is 0 Å². The molecule has 1 aromatic rings. The van der Waals surface area contributed by atoms with E-state index in [0.717, 1.165) is 0 Å². The maximum Gasteiger partial charge on any atom is 0.428 e. The molecule has 1 saturated carbocycles. The molecule has 6 heteroatoms. The molecule has 1 aliphatic rings. The standard InChI is InChI=1S/C10H9BF3NO/c11-7-2-3-8(15-6-7)16-9(4-1-5-9)10(12,13)14/h2-3,6H,1,4-5H2. The summed E-state index contributed by atoms with van der Waals surface area (Å²) in [6.45, 7) is 0. The number of alkyl halides is 3. The summed E-state index contributed by atoms with van der Waals surface area (Å²) in [7, 11) is 5.38. The maximum absolute atomic E-state index is 12.7. The molecule has 2 rings (SSSR count). The molecule has 0 bridgehead atoms. The zero-order chi connectivity index (χ0) is 11.8. The highest BCUT2D eigenvalue weighted by atomic mass is 19.4. The Labute approximate surface area is 92.2 Å². The third-order valence-corrected chi connectivity index (χ3v) is 2.74. The minimum absolute atomic E-state index is 0.0114. The Morgan fingerprint density at radius 1 is 1.31 bits per heavy atom. The van der Waals surface area contributed by atoms with Crippen LogP contribution >= 0.6 is 0 Å². The van der Waals surface area contributed by atoms with Crippen LogP contribution < -0.4 is 10.2 Å². The number of aromatic nitrogens is 1. The third kappa shape index (κ3) is 1.88. The zero-order valence-electron chi connectivity index (χ0n) is 8.42. The van der Waals surface area contributed by atoms with Crippen molar-refractivity contribution < 1.29 is 17.9 Å². The molecule has 1 aromatic heterocycles. The second-order valence-electron chi connectivity index (χ2n) is 3.88. The molecule has 1 fully saturated rings. The van der Waals surface area contributed by atoms with Gasteiger partial charge in [-0.2, -0.15) is 13.2 Å². The quantitative estimate of drug-likeness (QED) is 0.718. The number of pyridine rings is 1. The topological polar surface area (TPSA) is 22.1 Å². The Morgan fingerprint density at radius 2 is 2.00 bits per heavy atom. The average Bonchev–Trinajstić information content (AvgIpc) is 2.12. The monoisotopic (exact) mass is 227 g/mol. The van der Waals surface area contributed by atoms with Gasteiger partial charge in [-0.25, -0.2) is 4.98 Å². The molecule has 0 aromatic carbocycles. The van der Waals surface area contributed by atoms with Gasteiger partial charge in [0.15, 0.2) is 0 Å². The molecular weight excluding hydrogens is 218 g/mol. The first-order valence-electron chi connectivity index (χ1n) is 4.90. The highest BCUT2D eigenvalue weighted by Gasteiger charge is 2.61. The predicted molar refractivity (Wildman–Crippen MR) is 52.9 cm³/mol. The van der Waals surface area contributed by atoms with Gasteiger partial charge in [0, 0.05) is 6.20 Å². The molecule has 0 saturated heterocycles. The number of nitrogens with zero attached hydrogens (tertiary/aromatic N) is 1. The minimum atomic E-state index is -4.35. The van der Waals surface area contributed by atoms with Gasteiger partial charge in [0.2, 0.25) is 11.5 Å². The number of hydrogen-bond acceptors (Lipinski definition) is 2. The number of rotatable bonds is 2. The Bertz CT molecular complexity index is 373. The molecule has 0 unspecified atom stereocenters. The van der Waals surface area contributed by atoms with Gasteiger partial charge in [-0.15, -0.1) is 0 Å². The molecule has 1 aliphatic carbocycles. The second-order valence-corrected chi connectivity index (χ2v) is 3.88. The smallest absolute Gasteiger partial charge is 0.428 e. The maximum atomic E-state index is 12.7. The number of halogens is 3. The van der Waals surface area contributed by atoms with Crippen molar-refractivity contribution in [2.45, 2.75) is 31.0 Å². The summed E-state index contributed by atoms with van der Waals surface area (Å²) >= 11 is 0. The molecule has 0 atom stereocenters. The number of ether oxygens (including phenoxy) is 1. The van der Waals surface area contributed by atoms with Crippen molar-refractivity contribution in [3.63, 3.8) is 0 Å². The lowest BCUT2D eigenvalue weighted by molar-refractivity contribution is -0.275. The summed E-state index contributed by atoms with van der Waals surface area (Å²) in [5.41, 5.74) is -1.65. The first kappa shape index (κ1) is 11.3. The minimum Gasteiger partial charge on any atom is -0.461 e. The largest absolute Gasteiger partial charge is 0.461 e. The van der Waals surface area contributed by atoms with Crippen LogP contribution in [0.3, 0.4) is 0 Å². The fourth-order valence-corrected chi connectivity index (χ4v) is 1.59. The van der Waals surface area contributed by atoms with Gasteiger partial charge >= 0.3 is 6.18 Å². The van der Waals surface area contributed by atoms with Gasteiger partial charge in [0.1, 0.15) is 7.85 Å². The van der Waals surface area contributed by atoms with Gasteiger partial charge in [0.05, 0.1) is 0 Å². The Kier molecular flexibility index (Phi) is 2.60. The number of hydrogen-bond donors (Lipinski definition) is 0. The zero-order valence-corrected chi connectivity index (χ0v) is 8.42. The van der Waals surface area contributed by atoms with Gasteiger partial charge in [-0.1, -0.05) is 11.5 Å². The van der Waals surface area contributed by atoms with Crippen LogP contribution in [-0.4, -0.2) is 24.6 Å². The van der Waals surface area contributed by atoms with Crippen LogP contribution in [0.5, 0.6) is 5.88 Å². The molecule has 0 aliphatic heterocycles. The van der Waals surface area contributed by atoms with Crippen molar-refractivity contribution >= 4 is 13.3 Å².